The van der Waals surface area contributed by atoms with Crippen LogP contribution in [0.15, 0.2) is 58.4 Å². The third-order valence-corrected chi connectivity index (χ3v) is 6.52. The zero-order chi connectivity index (χ0) is 20.1. The third kappa shape index (κ3) is 4.87. The zero-order valence-corrected chi connectivity index (χ0v) is 17.6. The Morgan fingerprint density at radius 3 is 2.64 bits per heavy atom. The standard InChI is InChI=1S/C19H20ClN3O3S2/c1-27-11-10-16(19(24)21-12-13-6-8-14(20)9-7-13)22-18-15-4-2-3-5-17(15)28(25,26)23-18/h2-9,16H,10-12H2,1H3,(H,21,24)(H,22,23). The van der Waals surface area contributed by atoms with Gasteiger partial charge in [-0.25, -0.2) is 8.42 Å². The van der Waals surface area contributed by atoms with Gasteiger partial charge in [0, 0.05) is 17.1 Å². The van der Waals surface area contributed by atoms with Gasteiger partial charge in [0.25, 0.3) is 10.0 Å². The second-order valence-electron chi connectivity index (χ2n) is 6.22. The smallest absolute Gasteiger partial charge is 0.263 e. The highest BCUT2D eigenvalue weighted by atomic mass is 35.5. The van der Waals surface area contributed by atoms with Crippen molar-refractivity contribution in [3.63, 3.8) is 0 Å². The quantitative estimate of drug-likeness (QED) is 0.697. The molecule has 2 aromatic rings. The lowest BCUT2D eigenvalue weighted by Crippen LogP contribution is -2.35. The fourth-order valence-corrected chi connectivity index (χ4v) is 4.60. The average molecular weight is 438 g/mol. The first-order chi connectivity index (χ1) is 13.4. The van der Waals surface area contributed by atoms with Crippen LogP contribution in [0.3, 0.4) is 0 Å². The number of halogens is 1. The number of hydrogen-bond donors (Lipinski definition) is 2. The van der Waals surface area contributed by atoms with Crippen LogP contribution in [-0.2, 0) is 21.4 Å². The summed E-state index contributed by atoms with van der Waals surface area (Å²) in [5, 5.41) is 3.50. The molecule has 0 fully saturated rings. The van der Waals surface area contributed by atoms with Gasteiger partial charge in [-0.15, -0.1) is 0 Å². The maximum Gasteiger partial charge on any atom is 0.263 e. The van der Waals surface area contributed by atoms with Gasteiger partial charge in [0.2, 0.25) is 5.91 Å². The average Bonchev–Trinajstić information content (AvgIpc) is 2.95. The molecule has 6 nitrogen and oxygen atoms in total. The second kappa shape index (κ2) is 8.98. The van der Waals surface area contributed by atoms with E-state index in [-0.39, 0.29) is 16.6 Å². The summed E-state index contributed by atoms with van der Waals surface area (Å²) in [7, 11) is -3.64. The van der Waals surface area contributed by atoms with E-state index in [0.29, 0.717) is 23.6 Å². The summed E-state index contributed by atoms with van der Waals surface area (Å²) >= 11 is 7.48. The molecule has 1 unspecified atom stereocenters. The molecule has 0 radical (unpaired) electrons. The first-order valence-electron chi connectivity index (χ1n) is 8.62. The highest BCUT2D eigenvalue weighted by Crippen LogP contribution is 2.23. The molecule has 0 spiro atoms. The molecule has 148 valence electrons. The molecule has 0 aromatic heterocycles. The SMILES string of the molecule is CSCCC(N=C1NS(=O)(=O)c2ccccc21)C(=O)NCc1ccc(Cl)cc1. The summed E-state index contributed by atoms with van der Waals surface area (Å²) in [6.07, 6.45) is 2.45. The number of hydrogen-bond acceptors (Lipinski definition) is 5. The van der Waals surface area contributed by atoms with E-state index >= 15 is 0 Å². The van der Waals surface area contributed by atoms with E-state index in [1.165, 1.54) is 6.07 Å². The number of nitrogens with one attached hydrogen (secondary N) is 2. The minimum Gasteiger partial charge on any atom is -0.350 e. The van der Waals surface area contributed by atoms with Crippen molar-refractivity contribution in [1.82, 2.24) is 10.0 Å². The van der Waals surface area contributed by atoms with E-state index in [2.05, 4.69) is 15.0 Å². The Morgan fingerprint density at radius 1 is 1.21 bits per heavy atom. The molecule has 2 N–H and O–H groups in total. The van der Waals surface area contributed by atoms with Crippen LogP contribution in [0.4, 0.5) is 0 Å². The Labute approximate surface area is 173 Å². The molecular formula is C19H20ClN3O3S2. The van der Waals surface area contributed by atoms with E-state index in [9.17, 15) is 13.2 Å². The Bertz CT molecular complexity index is 992. The maximum absolute atomic E-state index is 12.7. The minimum atomic E-state index is -3.64. The summed E-state index contributed by atoms with van der Waals surface area (Å²) in [6.45, 7) is 0.346. The van der Waals surface area contributed by atoms with Crippen molar-refractivity contribution in [2.24, 2.45) is 4.99 Å². The first-order valence-corrected chi connectivity index (χ1v) is 11.9. The Balaban J connectivity index is 1.79. The Kier molecular flexibility index (Phi) is 6.64. The number of amides is 1. The summed E-state index contributed by atoms with van der Waals surface area (Å²) in [4.78, 5) is 17.4. The molecule has 0 saturated carbocycles. The fraction of sp³-hybridized carbons (Fsp3) is 0.263. The number of aliphatic imine (C=N–C) groups is 1. The fourth-order valence-electron chi connectivity index (χ4n) is 2.78. The van der Waals surface area contributed by atoms with Gasteiger partial charge in [-0.3, -0.25) is 14.5 Å². The summed E-state index contributed by atoms with van der Waals surface area (Å²) < 4.78 is 27.0. The molecule has 1 heterocycles. The van der Waals surface area contributed by atoms with Crippen molar-refractivity contribution in [3.8, 4) is 0 Å². The van der Waals surface area contributed by atoms with Crippen molar-refractivity contribution in [2.75, 3.05) is 12.0 Å². The van der Waals surface area contributed by atoms with Gasteiger partial charge in [0.15, 0.2) is 0 Å². The largest absolute Gasteiger partial charge is 0.350 e. The van der Waals surface area contributed by atoms with Crippen molar-refractivity contribution >= 4 is 45.1 Å². The predicted molar refractivity (Wildman–Crippen MR) is 113 cm³/mol. The van der Waals surface area contributed by atoms with Crippen LogP contribution >= 0.6 is 23.4 Å². The molecule has 0 bridgehead atoms. The first kappa shape index (κ1) is 20.7. The van der Waals surface area contributed by atoms with Crippen LogP contribution in [0.5, 0.6) is 0 Å². The van der Waals surface area contributed by atoms with Crippen LogP contribution in [0.2, 0.25) is 5.02 Å². The highest BCUT2D eigenvalue weighted by Gasteiger charge is 2.31. The Hall–Kier alpha value is -2.03. The van der Waals surface area contributed by atoms with Crippen molar-refractivity contribution in [3.05, 3.63) is 64.7 Å². The van der Waals surface area contributed by atoms with E-state index in [1.807, 2.05) is 18.4 Å². The van der Waals surface area contributed by atoms with Crippen LogP contribution in [0.25, 0.3) is 0 Å². The molecule has 0 aliphatic carbocycles. The summed E-state index contributed by atoms with van der Waals surface area (Å²) in [6, 6.07) is 13.1. The molecule has 28 heavy (non-hydrogen) atoms. The van der Waals surface area contributed by atoms with Gasteiger partial charge in [-0.1, -0.05) is 35.9 Å². The van der Waals surface area contributed by atoms with Gasteiger partial charge in [0.1, 0.15) is 11.9 Å². The molecule has 1 aliphatic heterocycles. The van der Waals surface area contributed by atoms with Gasteiger partial charge in [-0.05, 0) is 48.3 Å². The monoisotopic (exact) mass is 437 g/mol. The van der Waals surface area contributed by atoms with Gasteiger partial charge in [-0.2, -0.15) is 11.8 Å². The van der Waals surface area contributed by atoms with E-state index in [1.54, 1.807) is 42.1 Å². The number of carbonyl (C=O) groups excluding carboxylic acids is 1. The van der Waals surface area contributed by atoms with Crippen LogP contribution in [0.1, 0.15) is 17.5 Å². The lowest BCUT2D eigenvalue weighted by molar-refractivity contribution is -0.122. The number of thioether (sulfide) groups is 1. The number of amidine groups is 1. The zero-order valence-electron chi connectivity index (χ0n) is 15.2. The molecule has 3 rings (SSSR count). The lowest BCUT2D eigenvalue weighted by Gasteiger charge is -2.14. The predicted octanol–water partition coefficient (Wildman–Crippen LogP) is 2.82. The van der Waals surface area contributed by atoms with Crippen LogP contribution in [0, 0.1) is 0 Å². The van der Waals surface area contributed by atoms with E-state index in [4.69, 9.17) is 11.6 Å². The Morgan fingerprint density at radius 2 is 1.93 bits per heavy atom. The van der Waals surface area contributed by atoms with Crippen molar-refractivity contribution < 1.29 is 13.2 Å². The molecule has 1 atom stereocenters. The molecule has 9 heteroatoms. The van der Waals surface area contributed by atoms with Gasteiger partial charge < -0.3 is 5.32 Å². The van der Waals surface area contributed by atoms with Crippen LogP contribution < -0.4 is 10.0 Å². The summed E-state index contributed by atoms with van der Waals surface area (Å²) in [5.41, 5.74) is 1.41. The molecular weight excluding hydrogens is 418 g/mol. The number of fused-ring (bicyclic) bond motifs is 1. The second-order valence-corrected chi connectivity index (χ2v) is 9.29. The lowest BCUT2D eigenvalue weighted by atomic mass is 10.1. The summed E-state index contributed by atoms with van der Waals surface area (Å²) in [5.74, 6) is 0.688. The maximum atomic E-state index is 12.7. The van der Waals surface area contributed by atoms with Crippen molar-refractivity contribution in [2.45, 2.75) is 23.9 Å². The van der Waals surface area contributed by atoms with Crippen molar-refractivity contribution in [1.29, 1.82) is 0 Å². The molecule has 1 amide bonds. The normalized spacial score (nSPS) is 17.0. The van der Waals surface area contributed by atoms with E-state index < -0.39 is 16.1 Å². The molecule has 2 aromatic carbocycles. The van der Waals surface area contributed by atoms with Gasteiger partial charge in [0.05, 0.1) is 4.90 Å². The molecule has 0 saturated heterocycles. The van der Waals surface area contributed by atoms with Gasteiger partial charge >= 0.3 is 0 Å². The highest BCUT2D eigenvalue weighted by molar-refractivity contribution is 7.98. The van der Waals surface area contributed by atoms with Crippen LogP contribution in [-0.4, -0.2) is 38.2 Å². The number of sulfonamides is 1. The third-order valence-electron chi connectivity index (χ3n) is 4.23. The number of carbonyl (C=O) groups is 1. The minimum absolute atomic E-state index is 0.180. The number of nitrogens with zero attached hydrogens (tertiary/aromatic N) is 1. The molecule has 1 aliphatic rings. The van der Waals surface area contributed by atoms with E-state index in [0.717, 1.165) is 11.3 Å². The topological polar surface area (TPSA) is 87.6 Å². The number of rotatable bonds is 7. The number of benzene rings is 2.